The molecule has 0 radical (unpaired) electrons. The molecule has 3 aromatic heterocycles. The van der Waals surface area contributed by atoms with Gasteiger partial charge in [-0.05, 0) is 6.92 Å². The number of hydrogen-bond donors (Lipinski definition) is 2. The maximum absolute atomic E-state index is 6.33. The van der Waals surface area contributed by atoms with Crippen molar-refractivity contribution in [2.75, 3.05) is 25.6 Å². The zero-order valence-corrected chi connectivity index (χ0v) is 13.5. The zero-order valence-electron chi connectivity index (χ0n) is 12.8. The highest BCUT2D eigenvalue weighted by atomic mass is 35.5. The summed E-state index contributed by atoms with van der Waals surface area (Å²) in [6.07, 6.45) is 5.44. The van der Waals surface area contributed by atoms with Crippen LogP contribution in [0.3, 0.4) is 0 Å². The van der Waals surface area contributed by atoms with Gasteiger partial charge in [-0.2, -0.15) is 5.10 Å². The van der Waals surface area contributed by atoms with Gasteiger partial charge in [-0.1, -0.05) is 11.6 Å². The van der Waals surface area contributed by atoms with E-state index in [0.29, 0.717) is 18.2 Å². The second-order valence-corrected chi connectivity index (χ2v) is 5.50. The molecule has 0 fully saturated rings. The number of aromatic nitrogens is 4. The predicted octanol–water partition coefficient (Wildman–Crippen LogP) is 2.98. The minimum atomic E-state index is 0.608. The highest BCUT2D eigenvalue weighted by Gasteiger charge is 2.17. The molecule has 0 saturated carbocycles. The number of pyridine rings is 1. The summed E-state index contributed by atoms with van der Waals surface area (Å²) >= 11 is 6.33. The van der Waals surface area contributed by atoms with Crippen LogP contribution < -0.4 is 5.32 Å². The first kappa shape index (κ1) is 14.9. The number of anilines is 1. The number of aryl methyl sites for hydroxylation is 1. The number of halogens is 1. The summed E-state index contributed by atoms with van der Waals surface area (Å²) in [5.74, 6) is 0. The summed E-state index contributed by atoms with van der Waals surface area (Å²) in [5.41, 5.74) is 4.80. The molecule has 3 rings (SSSR count). The largest absolute Gasteiger partial charge is 0.383 e. The van der Waals surface area contributed by atoms with Gasteiger partial charge in [0.15, 0.2) is 0 Å². The van der Waals surface area contributed by atoms with Gasteiger partial charge in [-0.15, -0.1) is 0 Å². The van der Waals surface area contributed by atoms with Gasteiger partial charge in [0.05, 0.1) is 28.9 Å². The van der Waals surface area contributed by atoms with Gasteiger partial charge in [0, 0.05) is 49.9 Å². The normalized spacial score (nSPS) is 11.3. The monoisotopic (exact) mass is 319 g/mol. The summed E-state index contributed by atoms with van der Waals surface area (Å²) < 4.78 is 6.97. The van der Waals surface area contributed by atoms with Gasteiger partial charge in [0.25, 0.3) is 0 Å². The zero-order chi connectivity index (χ0) is 15.7. The van der Waals surface area contributed by atoms with E-state index in [1.165, 1.54) is 0 Å². The Kier molecular flexibility index (Phi) is 4.04. The summed E-state index contributed by atoms with van der Waals surface area (Å²) in [6, 6.07) is 0. The summed E-state index contributed by atoms with van der Waals surface area (Å²) in [6.45, 7) is 3.32. The molecule has 0 atom stereocenters. The van der Waals surface area contributed by atoms with Crippen molar-refractivity contribution in [3.63, 3.8) is 0 Å². The molecular formula is C15H18ClN5O. The van der Waals surface area contributed by atoms with E-state index in [-0.39, 0.29) is 0 Å². The molecule has 7 heteroatoms. The molecule has 0 aromatic carbocycles. The number of H-pyrrole nitrogens is 1. The minimum absolute atomic E-state index is 0.608. The fraction of sp³-hybridized carbons (Fsp3) is 0.333. The second kappa shape index (κ2) is 5.98. The van der Waals surface area contributed by atoms with E-state index in [2.05, 4.69) is 20.4 Å². The fourth-order valence-corrected chi connectivity index (χ4v) is 2.72. The first-order valence-electron chi connectivity index (χ1n) is 7.00. The Balaban J connectivity index is 2.18. The highest BCUT2D eigenvalue weighted by molar-refractivity contribution is 6.36. The number of nitrogens with zero attached hydrogens (tertiary/aromatic N) is 3. The van der Waals surface area contributed by atoms with Gasteiger partial charge >= 0.3 is 0 Å². The minimum Gasteiger partial charge on any atom is -0.383 e. The van der Waals surface area contributed by atoms with Crippen LogP contribution in [0, 0.1) is 6.92 Å². The van der Waals surface area contributed by atoms with Crippen molar-refractivity contribution in [3.05, 3.63) is 29.3 Å². The molecule has 0 amide bonds. The quantitative estimate of drug-likeness (QED) is 0.709. The van der Waals surface area contributed by atoms with E-state index < -0.39 is 0 Å². The van der Waals surface area contributed by atoms with Crippen LogP contribution in [-0.4, -0.2) is 40.0 Å². The Morgan fingerprint density at radius 2 is 2.18 bits per heavy atom. The molecule has 0 unspecified atom stereocenters. The fourth-order valence-electron chi connectivity index (χ4n) is 2.49. The molecule has 2 N–H and O–H groups in total. The van der Waals surface area contributed by atoms with Crippen LogP contribution >= 0.6 is 11.6 Å². The lowest BCUT2D eigenvalue weighted by atomic mass is 10.0. The van der Waals surface area contributed by atoms with Gasteiger partial charge in [-0.3, -0.25) is 4.68 Å². The van der Waals surface area contributed by atoms with E-state index in [1.807, 2.05) is 31.0 Å². The van der Waals surface area contributed by atoms with E-state index in [4.69, 9.17) is 16.3 Å². The third-order valence-corrected chi connectivity index (χ3v) is 4.08. The van der Waals surface area contributed by atoms with Crippen LogP contribution in [0.1, 0.15) is 5.69 Å². The smallest absolute Gasteiger partial charge is 0.140 e. The average molecular weight is 320 g/mol. The Morgan fingerprint density at radius 3 is 2.86 bits per heavy atom. The SMILES string of the molecule is COCCNc1c(-c2cnn(C)c2C)cnc2[nH]cc(Cl)c12. The summed E-state index contributed by atoms with van der Waals surface area (Å²) in [5, 5.41) is 9.26. The van der Waals surface area contributed by atoms with Crippen molar-refractivity contribution in [1.82, 2.24) is 19.7 Å². The molecular weight excluding hydrogens is 302 g/mol. The standard InChI is InChI=1S/C15H18ClN5O/c1-9-10(7-20-21(9)2)11-6-18-15-13(12(16)8-19-15)14(11)17-4-5-22-3/h6-8H,4-5H2,1-3H3,(H2,17,18,19). The Bertz CT molecular complexity index is 808. The third-order valence-electron chi connectivity index (χ3n) is 3.79. The molecule has 0 bridgehead atoms. The number of nitrogens with one attached hydrogen (secondary N) is 2. The second-order valence-electron chi connectivity index (χ2n) is 5.09. The van der Waals surface area contributed by atoms with E-state index in [9.17, 15) is 0 Å². The van der Waals surface area contributed by atoms with Crippen molar-refractivity contribution in [2.45, 2.75) is 6.92 Å². The first-order chi connectivity index (χ1) is 10.6. The number of methoxy groups -OCH3 is 1. The molecule has 116 valence electrons. The van der Waals surface area contributed by atoms with Crippen molar-refractivity contribution in [3.8, 4) is 11.1 Å². The van der Waals surface area contributed by atoms with E-state index in [1.54, 1.807) is 13.3 Å². The van der Waals surface area contributed by atoms with Gasteiger partial charge in [0.1, 0.15) is 5.65 Å². The average Bonchev–Trinajstić information content (AvgIpc) is 3.04. The molecule has 0 aliphatic rings. The third kappa shape index (κ3) is 2.44. The molecule has 3 heterocycles. The highest BCUT2D eigenvalue weighted by Crippen LogP contribution is 2.38. The van der Waals surface area contributed by atoms with E-state index in [0.717, 1.165) is 33.5 Å². The van der Waals surface area contributed by atoms with Gasteiger partial charge in [0.2, 0.25) is 0 Å². The molecule has 0 aliphatic carbocycles. The van der Waals surface area contributed by atoms with Crippen LogP contribution in [-0.2, 0) is 11.8 Å². The number of aromatic amines is 1. The van der Waals surface area contributed by atoms with Crippen molar-refractivity contribution in [1.29, 1.82) is 0 Å². The topological polar surface area (TPSA) is 67.8 Å². The van der Waals surface area contributed by atoms with Crippen molar-refractivity contribution in [2.24, 2.45) is 7.05 Å². The van der Waals surface area contributed by atoms with E-state index >= 15 is 0 Å². The molecule has 0 aliphatic heterocycles. The molecule has 22 heavy (non-hydrogen) atoms. The Morgan fingerprint density at radius 1 is 1.36 bits per heavy atom. The van der Waals surface area contributed by atoms with Crippen molar-refractivity contribution >= 4 is 28.3 Å². The van der Waals surface area contributed by atoms with Crippen molar-refractivity contribution < 1.29 is 4.74 Å². The van der Waals surface area contributed by atoms with Crippen LogP contribution in [0.4, 0.5) is 5.69 Å². The van der Waals surface area contributed by atoms with Crippen LogP contribution in [0.5, 0.6) is 0 Å². The van der Waals surface area contributed by atoms with Gasteiger partial charge in [-0.25, -0.2) is 4.98 Å². The maximum atomic E-state index is 6.33. The predicted molar refractivity (Wildman–Crippen MR) is 88.4 cm³/mol. The van der Waals surface area contributed by atoms with Gasteiger partial charge < -0.3 is 15.0 Å². The lowest BCUT2D eigenvalue weighted by molar-refractivity contribution is 0.211. The molecule has 0 spiro atoms. The summed E-state index contributed by atoms with van der Waals surface area (Å²) in [4.78, 5) is 7.55. The Hall–Kier alpha value is -2.05. The van der Waals surface area contributed by atoms with Crippen LogP contribution in [0.15, 0.2) is 18.6 Å². The van der Waals surface area contributed by atoms with Crippen LogP contribution in [0.25, 0.3) is 22.2 Å². The molecule has 0 saturated heterocycles. The first-order valence-corrected chi connectivity index (χ1v) is 7.38. The number of hydrogen-bond acceptors (Lipinski definition) is 4. The number of fused-ring (bicyclic) bond motifs is 1. The lowest BCUT2D eigenvalue weighted by Crippen LogP contribution is -2.09. The lowest BCUT2D eigenvalue weighted by Gasteiger charge is -2.13. The maximum Gasteiger partial charge on any atom is 0.140 e. The Labute approximate surface area is 133 Å². The number of rotatable bonds is 5. The molecule has 3 aromatic rings. The van der Waals surface area contributed by atoms with Crippen LogP contribution in [0.2, 0.25) is 5.02 Å². The number of ether oxygens (including phenoxy) is 1. The molecule has 6 nitrogen and oxygen atoms in total. The summed E-state index contributed by atoms with van der Waals surface area (Å²) in [7, 11) is 3.60.